The van der Waals surface area contributed by atoms with E-state index >= 15 is 0 Å². The number of benzene rings is 2. The number of carbonyl (C=O) groups is 1. The predicted molar refractivity (Wildman–Crippen MR) is 131 cm³/mol. The van der Waals surface area contributed by atoms with Gasteiger partial charge in [-0.25, -0.2) is 18.2 Å². The molecule has 0 saturated carbocycles. The summed E-state index contributed by atoms with van der Waals surface area (Å²) in [6.45, 7) is 2.33. The average Bonchev–Trinajstić information content (AvgIpc) is 2.89. The van der Waals surface area contributed by atoms with Gasteiger partial charge in [0.25, 0.3) is 0 Å². The number of pyridine rings is 1. The number of hydrogen-bond acceptors (Lipinski definition) is 6. The molecule has 0 spiro atoms. The summed E-state index contributed by atoms with van der Waals surface area (Å²) in [6, 6.07) is 17.8. The van der Waals surface area contributed by atoms with E-state index in [4.69, 9.17) is 9.47 Å². The summed E-state index contributed by atoms with van der Waals surface area (Å²) in [6.07, 6.45) is 2.27. The third-order valence-electron chi connectivity index (χ3n) is 5.93. The Morgan fingerprint density at radius 3 is 2.43 bits per heavy atom. The molecule has 2 aliphatic rings. The number of ether oxygens (including phenoxy) is 2. The summed E-state index contributed by atoms with van der Waals surface area (Å²) in [7, 11) is -3.52. The first-order valence-corrected chi connectivity index (χ1v) is 12.9. The number of nitrogens with one attached hydrogen (secondary N) is 1. The summed E-state index contributed by atoms with van der Waals surface area (Å²) < 4.78 is 38.1. The zero-order chi connectivity index (χ0) is 24.3. The fourth-order valence-electron chi connectivity index (χ4n) is 4.10. The van der Waals surface area contributed by atoms with Crippen molar-refractivity contribution in [2.75, 3.05) is 49.7 Å². The first kappa shape index (κ1) is 23.3. The van der Waals surface area contributed by atoms with Crippen LogP contribution in [0.25, 0.3) is 0 Å². The number of morpholine rings is 1. The number of rotatable bonds is 5. The van der Waals surface area contributed by atoms with Gasteiger partial charge in [0.2, 0.25) is 10.0 Å². The maximum Gasteiger partial charge on any atom is 0.327 e. The van der Waals surface area contributed by atoms with Crippen LogP contribution in [0, 0.1) is 0 Å². The molecule has 10 heteroatoms. The predicted octanol–water partition coefficient (Wildman–Crippen LogP) is 3.12. The summed E-state index contributed by atoms with van der Waals surface area (Å²) in [4.78, 5) is 19.1. The van der Waals surface area contributed by atoms with Gasteiger partial charge in [-0.15, -0.1) is 0 Å². The molecule has 3 aromatic rings. The summed E-state index contributed by atoms with van der Waals surface area (Å²) in [5.41, 5.74) is 2.56. The molecule has 0 unspecified atom stereocenters. The molecule has 1 N–H and O–H groups in total. The maximum atomic E-state index is 12.8. The van der Waals surface area contributed by atoms with Gasteiger partial charge in [0.1, 0.15) is 6.61 Å². The lowest BCUT2D eigenvalue weighted by Gasteiger charge is -2.28. The monoisotopic (exact) mass is 494 g/mol. The van der Waals surface area contributed by atoms with Gasteiger partial charge in [-0.3, -0.25) is 4.90 Å². The first-order valence-electron chi connectivity index (χ1n) is 11.4. The van der Waals surface area contributed by atoms with E-state index in [9.17, 15) is 13.2 Å². The van der Waals surface area contributed by atoms with Crippen molar-refractivity contribution in [2.45, 2.75) is 11.3 Å². The highest BCUT2D eigenvalue weighted by molar-refractivity contribution is 7.89. The van der Waals surface area contributed by atoms with Gasteiger partial charge in [-0.2, -0.15) is 4.31 Å². The van der Waals surface area contributed by atoms with Gasteiger partial charge in [-0.05, 0) is 47.9 Å². The van der Waals surface area contributed by atoms with Crippen LogP contribution in [0.4, 0.5) is 16.3 Å². The van der Waals surface area contributed by atoms with E-state index in [1.54, 1.807) is 23.2 Å². The number of nitrogens with zero attached hydrogens (tertiary/aromatic N) is 3. The highest BCUT2D eigenvalue weighted by Crippen LogP contribution is 2.31. The number of carbonyl (C=O) groups excluding carboxylic acids is 1. The molecule has 0 atom stereocenters. The zero-order valence-electron chi connectivity index (χ0n) is 19.1. The Labute approximate surface area is 204 Å². The summed E-state index contributed by atoms with van der Waals surface area (Å²) in [5, 5.41) is 2.88. The van der Waals surface area contributed by atoms with Crippen molar-refractivity contribution in [3.05, 3.63) is 78.0 Å². The molecule has 0 bridgehead atoms. The van der Waals surface area contributed by atoms with Crippen LogP contribution < -0.4 is 15.0 Å². The van der Waals surface area contributed by atoms with Crippen LogP contribution in [0.2, 0.25) is 0 Å². The van der Waals surface area contributed by atoms with Crippen LogP contribution in [-0.4, -0.2) is 63.2 Å². The third-order valence-corrected chi connectivity index (χ3v) is 7.84. The van der Waals surface area contributed by atoms with Crippen LogP contribution in [0.5, 0.6) is 5.75 Å². The van der Waals surface area contributed by atoms with Crippen molar-refractivity contribution >= 4 is 27.6 Å². The number of hydrogen-bond donors (Lipinski definition) is 1. The SMILES string of the molecule is O=C(Nc1ccccc1)N1CCOc2cc(Cc3ccc(S(=O)(=O)N4CCOCC4)cc3)cnc21. The minimum absolute atomic E-state index is 0.266. The molecule has 35 heavy (non-hydrogen) atoms. The maximum absolute atomic E-state index is 12.8. The Bertz CT molecular complexity index is 1290. The van der Waals surface area contributed by atoms with E-state index in [1.165, 1.54) is 4.31 Å². The molecule has 2 aliphatic heterocycles. The second-order valence-electron chi connectivity index (χ2n) is 8.30. The standard InChI is InChI=1S/C25H26N4O5S/c30-25(27-21-4-2-1-3-5-21)29-12-15-34-23-17-20(18-26-24(23)29)16-19-6-8-22(9-7-19)35(31,32)28-10-13-33-14-11-28/h1-9,17-18H,10-16H2,(H,27,30). The fourth-order valence-corrected chi connectivity index (χ4v) is 5.51. The molecular weight excluding hydrogens is 468 g/mol. The minimum Gasteiger partial charge on any atom is -0.488 e. The van der Waals surface area contributed by atoms with Crippen molar-refractivity contribution in [3.8, 4) is 5.75 Å². The van der Waals surface area contributed by atoms with Crippen LogP contribution in [-0.2, 0) is 21.2 Å². The Morgan fingerprint density at radius 1 is 0.943 bits per heavy atom. The molecular formula is C25H26N4O5S. The number of sulfonamides is 1. The van der Waals surface area contributed by atoms with Crippen LogP contribution >= 0.6 is 0 Å². The summed E-state index contributed by atoms with van der Waals surface area (Å²) >= 11 is 0. The number of amides is 2. The number of para-hydroxylation sites is 1. The van der Waals surface area contributed by atoms with Crippen molar-refractivity contribution in [1.29, 1.82) is 0 Å². The van der Waals surface area contributed by atoms with Gasteiger partial charge in [0.05, 0.1) is 24.7 Å². The minimum atomic E-state index is -3.52. The Hall–Kier alpha value is -3.47. The van der Waals surface area contributed by atoms with Crippen molar-refractivity contribution < 1.29 is 22.7 Å². The second-order valence-corrected chi connectivity index (χ2v) is 10.2. The fraction of sp³-hybridized carbons (Fsp3) is 0.280. The van der Waals surface area contributed by atoms with Crippen molar-refractivity contribution in [2.24, 2.45) is 0 Å². The van der Waals surface area contributed by atoms with Crippen LogP contribution in [0.3, 0.4) is 0 Å². The largest absolute Gasteiger partial charge is 0.488 e. The second kappa shape index (κ2) is 10.0. The molecule has 9 nitrogen and oxygen atoms in total. The van der Waals surface area contributed by atoms with E-state index in [-0.39, 0.29) is 10.9 Å². The molecule has 5 rings (SSSR count). The molecule has 0 radical (unpaired) electrons. The first-order chi connectivity index (χ1) is 17.0. The smallest absolute Gasteiger partial charge is 0.327 e. The van der Waals surface area contributed by atoms with Gasteiger partial charge >= 0.3 is 6.03 Å². The lowest BCUT2D eigenvalue weighted by Crippen LogP contribution is -2.41. The van der Waals surface area contributed by atoms with Crippen molar-refractivity contribution in [3.63, 3.8) is 0 Å². The Morgan fingerprint density at radius 2 is 1.69 bits per heavy atom. The van der Waals surface area contributed by atoms with E-state index in [0.717, 1.165) is 11.1 Å². The third kappa shape index (κ3) is 5.14. The molecule has 2 amide bonds. The quantitative estimate of drug-likeness (QED) is 0.585. The van der Waals surface area contributed by atoms with E-state index in [0.29, 0.717) is 63.1 Å². The van der Waals surface area contributed by atoms with Gasteiger partial charge in [0.15, 0.2) is 11.6 Å². The lowest BCUT2D eigenvalue weighted by atomic mass is 10.1. The number of fused-ring (bicyclic) bond motifs is 1. The van der Waals surface area contributed by atoms with Crippen LogP contribution in [0.15, 0.2) is 71.8 Å². The number of anilines is 2. The Balaban J connectivity index is 1.28. The number of urea groups is 1. The van der Waals surface area contributed by atoms with E-state index < -0.39 is 10.0 Å². The van der Waals surface area contributed by atoms with E-state index in [2.05, 4.69) is 10.3 Å². The number of aromatic nitrogens is 1. The lowest BCUT2D eigenvalue weighted by molar-refractivity contribution is 0.0730. The highest BCUT2D eigenvalue weighted by Gasteiger charge is 2.27. The average molecular weight is 495 g/mol. The molecule has 3 heterocycles. The molecule has 1 fully saturated rings. The molecule has 1 saturated heterocycles. The topological polar surface area (TPSA) is 101 Å². The zero-order valence-corrected chi connectivity index (χ0v) is 19.9. The highest BCUT2D eigenvalue weighted by atomic mass is 32.2. The van der Waals surface area contributed by atoms with Gasteiger partial charge in [-0.1, -0.05) is 30.3 Å². The summed E-state index contributed by atoms with van der Waals surface area (Å²) in [5.74, 6) is 1.02. The normalized spacial score (nSPS) is 16.3. The van der Waals surface area contributed by atoms with Gasteiger partial charge < -0.3 is 14.8 Å². The van der Waals surface area contributed by atoms with Gasteiger partial charge in [0, 0.05) is 25.0 Å². The van der Waals surface area contributed by atoms with Crippen molar-refractivity contribution in [1.82, 2.24) is 9.29 Å². The molecule has 0 aliphatic carbocycles. The van der Waals surface area contributed by atoms with Crippen LogP contribution in [0.1, 0.15) is 11.1 Å². The Kier molecular flexibility index (Phi) is 6.67. The van der Waals surface area contributed by atoms with E-state index in [1.807, 2.05) is 48.5 Å². The molecule has 2 aromatic carbocycles. The molecule has 1 aromatic heterocycles. The molecule has 182 valence electrons.